The molecule has 0 saturated heterocycles. The van der Waals surface area contributed by atoms with Gasteiger partial charge >= 0.3 is 11.9 Å². The Kier molecular flexibility index (Phi) is 4.26. The number of aryl methyl sites for hydroxylation is 2. The summed E-state index contributed by atoms with van der Waals surface area (Å²) in [4.78, 5) is 23.2. The largest absolute Gasteiger partial charge is 0.480 e. The zero-order valence-electron chi connectivity index (χ0n) is 12.3. The van der Waals surface area contributed by atoms with Gasteiger partial charge in [-0.3, -0.25) is 5.01 Å². The Balaban J connectivity index is 2.40. The summed E-state index contributed by atoms with van der Waals surface area (Å²) in [5, 5.41) is 14.9. The zero-order chi connectivity index (χ0) is 15.6. The molecule has 1 atom stereocenters. The minimum Gasteiger partial charge on any atom is -0.480 e. The smallest absolute Gasteiger partial charge is 0.354 e. The molecule has 0 fully saturated rings. The first kappa shape index (κ1) is 15.0. The highest BCUT2D eigenvalue weighted by Gasteiger charge is 2.37. The summed E-state index contributed by atoms with van der Waals surface area (Å²) < 4.78 is 4.90. The van der Waals surface area contributed by atoms with Crippen LogP contribution in [0.3, 0.4) is 0 Å². The molecule has 0 spiro atoms. The lowest BCUT2D eigenvalue weighted by Crippen LogP contribution is -2.34. The number of esters is 1. The average molecular weight is 290 g/mol. The number of hydrazone groups is 1. The number of benzene rings is 1. The molecule has 0 saturated carbocycles. The highest BCUT2D eigenvalue weighted by atomic mass is 16.5. The van der Waals surface area contributed by atoms with Crippen LogP contribution >= 0.6 is 0 Å². The molecule has 112 valence electrons. The molecule has 1 heterocycles. The topological polar surface area (TPSA) is 79.2 Å². The van der Waals surface area contributed by atoms with Crippen molar-refractivity contribution >= 4 is 23.3 Å². The lowest BCUT2D eigenvalue weighted by Gasteiger charge is -2.22. The average Bonchev–Trinajstić information content (AvgIpc) is 2.87. The molecule has 0 bridgehead atoms. The monoisotopic (exact) mass is 290 g/mol. The van der Waals surface area contributed by atoms with Crippen molar-refractivity contribution in [3.8, 4) is 0 Å². The van der Waals surface area contributed by atoms with E-state index in [2.05, 4.69) is 5.10 Å². The first-order valence-electron chi connectivity index (χ1n) is 6.78. The lowest BCUT2D eigenvalue weighted by molar-refractivity contribution is -0.138. The molecule has 1 N–H and O–H groups in total. The summed E-state index contributed by atoms with van der Waals surface area (Å²) in [6.07, 6.45) is 0.0432. The van der Waals surface area contributed by atoms with E-state index in [0.29, 0.717) is 5.69 Å². The fourth-order valence-electron chi connectivity index (χ4n) is 2.23. The number of rotatable bonds is 4. The molecule has 1 aliphatic rings. The third-order valence-corrected chi connectivity index (χ3v) is 3.32. The number of ether oxygens (including phenoxy) is 1. The number of nitrogens with zero attached hydrogens (tertiary/aromatic N) is 2. The SMILES string of the molecule is CCOC(=O)C1=NN(c2cc(C)ccc2C)[C@H](C(=O)O)C1. The summed E-state index contributed by atoms with van der Waals surface area (Å²) in [6, 6.07) is 4.83. The highest BCUT2D eigenvalue weighted by Crippen LogP contribution is 2.29. The third-order valence-electron chi connectivity index (χ3n) is 3.32. The van der Waals surface area contributed by atoms with Gasteiger partial charge in [-0.25, -0.2) is 9.59 Å². The first-order chi connectivity index (χ1) is 9.93. The van der Waals surface area contributed by atoms with E-state index in [0.717, 1.165) is 11.1 Å². The molecule has 1 aliphatic heterocycles. The van der Waals surface area contributed by atoms with Crippen LogP contribution in [0.2, 0.25) is 0 Å². The molecule has 0 aliphatic carbocycles. The Labute approximate surface area is 123 Å². The van der Waals surface area contributed by atoms with Crippen LogP contribution in [0.4, 0.5) is 5.69 Å². The van der Waals surface area contributed by atoms with E-state index in [1.165, 1.54) is 5.01 Å². The summed E-state index contributed by atoms with van der Waals surface area (Å²) >= 11 is 0. The maximum atomic E-state index is 11.8. The minimum atomic E-state index is -1.01. The van der Waals surface area contributed by atoms with Crippen molar-refractivity contribution in [1.29, 1.82) is 0 Å². The third kappa shape index (κ3) is 3.04. The molecular formula is C15H18N2O4. The van der Waals surface area contributed by atoms with Gasteiger partial charge in [0.25, 0.3) is 0 Å². The number of carboxylic acid groups (broad SMARTS) is 1. The second-order valence-corrected chi connectivity index (χ2v) is 4.96. The highest BCUT2D eigenvalue weighted by molar-refractivity contribution is 6.38. The van der Waals surface area contributed by atoms with E-state index in [1.807, 2.05) is 32.0 Å². The Morgan fingerprint density at radius 3 is 2.76 bits per heavy atom. The Morgan fingerprint density at radius 1 is 1.43 bits per heavy atom. The maximum absolute atomic E-state index is 11.8. The van der Waals surface area contributed by atoms with Gasteiger partial charge in [0.05, 0.1) is 12.3 Å². The van der Waals surface area contributed by atoms with Gasteiger partial charge in [-0.2, -0.15) is 5.10 Å². The molecule has 6 heteroatoms. The Bertz CT molecular complexity index is 610. The van der Waals surface area contributed by atoms with Crippen LogP contribution in [0.25, 0.3) is 0 Å². The second kappa shape index (κ2) is 5.95. The van der Waals surface area contributed by atoms with E-state index in [1.54, 1.807) is 6.92 Å². The van der Waals surface area contributed by atoms with Crippen molar-refractivity contribution in [2.75, 3.05) is 11.6 Å². The molecule has 0 aromatic heterocycles. The fraction of sp³-hybridized carbons (Fsp3) is 0.400. The van der Waals surface area contributed by atoms with E-state index in [4.69, 9.17) is 4.74 Å². The van der Waals surface area contributed by atoms with Gasteiger partial charge in [0.1, 0.15) is 5.71 Å². The van der Waals surface area contributed by atoms with Crippen LogP contribution in [0.15, 0.2) is 23.3 Å². The van der Waals surface area contributed by atoms with Crippen LogP contribution in [0.1, 0.15) is 24.5 Å². The number of hydrogen-bond donors (Lipinski definition) is 1. The van der Waals surface area contributed by atoms with Crippen LogP contribution in [0, 0.1) is 13.8 Å². The van der Waals surface area contributed by atoms with Gasteiger partial charge in [-0.05, 0) is 38.0 Å². The number of aliphatic carboxylic acids is 1. The van der Waals surface area contributed by atoms with Crippen molar-refractivity contribution < 1.29 is 19.4 Å². The molecule has 21 heavy (non-hydrogen) atoms. The second-order valence-electron chi connectivity index (χ2n) is 4.96. The standard InChI is InChI=1S/C15H18N2O4/c1-4-21-15(20)11-8-13(14(18)19)17(16-11)12-7-9(2)5-6-10(12)3/h5-7,13H,4,8H2,1-3H3,(H,18,19)/t13-/m0/s1. The molecule has 6 nitrogen and oxygen atoms in total. The van der Waals surface area contributed by atoms with Crippen LogP contribution < -0.4 is 5.01 Å². The predicted molar refractivity (Wildman–Crippen MR) is 78.5 cm³/mol. The number of carbonyl (C=O) groups is 2. The van der Waals surface area contributed by atoms with Crippen LogP contribution in [-0.4, -0.2) is 35.4 Å². The molecular weight excluding hydrogens is 272 g/mol. The van der Waals surface area contributed by atoms with Crippen molar-refractivity contribution in [2.24, 2.45) is 5.10 Å². The minimum absolute atomic E-state index is 0.0432. The molecule has 1 aromatic carbocycles. The van der Waals surface area contributed by atoms with Crippen LogP contribution in [0.5, 0.6) is 0 Å². The summed E-state index contributed by atoms with van der Waals surface area (Å²) in [7, 11) is 0. The molecule has 0 radical (unpaired) electrons. The van der Waals surface area contributed by atoms with Crippen molar-refractivity contribution in [1.82, 2.24) is 0 Å². The summed E-state index contributed by atoms with van der Waals surface area (Å²) in [6.45, 7) is 5.74. The Hall–Kier alpha value is -2.37. The van der Waals surface area contributed by atoms with Gasteiger partial charge in [-0.15, -0.1) is 0 Å². The van der Waals surface area contributed by atoms with Gasteiger partial charge in [0.2, 0.25) is 0 Å². The quantitative estimate of drug-likeness (QED) is 0.857. The normalized spacial score (nSPS) is 17.6. The number of carbonyl (C=O) groups excluding carboxylic acids is 1. The molecule has 0 amide bonds. The van der Waals surface area contributed by atoms with Gasteiger partial charge in [0.15, 0.2) is 6.04 Å². The van der Waals surface area contributed by atoms with E-state index in [-0.39, 0.29) is 18.7 Å². The number of hydrogen-bond acceptors (Lipinski definition) is 5. The molecule has 2 rings (SSSR count). The molecule has 1 aromatic rings. The predicted octanol–water partition coefficient (Wildman–Crippen LogP) is 1.89. The van der Waals surface area contributed by atoms with Crippen molar-refractivity contribution in [3.05, 3.63) is 29.3 Å². The zero-order valence-corrected chi connectivity index (χ0v) is 12.3. The number of carboxylic acids is 1. The fourth-order valence-corrected chi connectivity index (χ4v) is 2.23. The van der Waals surface area contributed by atoms with Gasteiger partial charge < -0.3 is 9.84 Å². The van der Waals surface area contributed by atoms with Crippen molar-refractivity contribution in [2.45, 2.75) is 33.2 Å². The summed E-state index contributed by atoms with van der Waals surface area (Å²) in [5.41, 5.74) is 2.74. The van der Waals surface area contributed by atoms with Gasteiger partial charge in [0, 0.05) is 6.42 Å². The van der Waals surface area contributed by atoms with Crippen LogP contribution in [-0.2, 0) is 14.3 Å². The lowest BCUT2D eigenvalue weighted by atomic mass is 10.1. The van der Waals surface area contributed by atoms with E-state index in [9.17, 15) is 14.7 Å². The van der Waals surface area contributed by atoms with E-state index >= 15 is 0 Å². The van der Waals surface area contributed by atoms with E-state index < -0.39 is 18.0 Å². The van der Waals surface area contributed by atoms with Crippen molar-refractivity contribution in [3.63, 3.8) is 0 Å². The Morgan fingerprint density at radius 2 is 2.14 bits per heavy atom. The molecule has 0 unspecified atom stereocenters. The summed E-state index contributed by atoms with van der Waals surface area (Å²) in [5.74, 6) is -1.57. The first-order valence-corrected chi connectivity index (χ1v) is 6.78. The number of anilines is 1. The maximum Gasteiger partial charge on any atom is 0.354 e. The van der Waals surface area contributed by atoms with Gasteiger partial charge in [-0.1, -0.05) is 12.1 Å².